The summed E-state index contributed by atoms with van der Waals surface area (Å²) in [6, 6.07) is 7.18. The van der Waals surface area contributed by atoms with Crippen LogP contribution in [0.25, 0.3) is 0 Å². The van der Waals surface area contributed by atoms with Crippen LogP contribution in [0.2, 0.25) is 0 Å². The lowest BCUT2D eigenvalue weighted by molar-refractivity contribution is 0.146. The first-order valence-corrected chi connectivity index (χ1v) is 8.55. The Morgan fingerprint density at radius 3 is 2.43 bits per heavy atom. The van der Waals surface area contributed by atoms with E-state index in [9.17, 15) is 8.42 Å². The number of rotatable bonds is 8. The second-order valence-electron chi connectivity index (χ2n) is 4.96. The normalized spacial score (nSPS) is 11.6. The Morgan fingerprint density at radius 2 is 1.87 bits per heavy atom. The Hall–Kier alpha value is -1.90. The van der Waals surface area contributed by atoms with Crippen molar-refractivity contribution in [2.45, 2.75) is 25.3 Å². The molecular formula is C15H20N2O5S. The number of nitrogens with one attached hydrogen (secondary N) is 1. The number of aromatic nitrogens is 1. The largest absolute Gasteiger partial charge is 0.491 e. The van der Waals surface area contributed by atoms with E-state index >= 15 is 0 Å². The summed E-state index contributed by atoms with van der Waals surface area (Å²) in [6.45, 7) is 4.32. The number of methoxy groups -OCH3 is 1. The average molecular weight is 340 g/mol. The zero-order valence-electron chi connectivity index (χ0n) is 13.3. The van der Waals surface area contributed by atoms with Gasteiger partial charge in [0.1, 0.15) is 22.9 Å². The standard InChI is InChI=1S/C15H20N2O5S/c1-11-15(12(2)22-17-11)23(18,19)16-10-13-4-6-14(7-5-13)21-9-8-20-3/h4-7,16H,8-10H2,1-3H3. The fourth-order valence-corrected chi connectivity index (χ4v) is 3.40. The fourth-order valence-electron chi connectivity index (χ4n) is 2.06. The van der Waals surface area contributed by atoms with Gasteiger partial charge in [0.25, 0.3) is 0 Å². The number of aryl methyl sites for hydroxylation is 2. The molecule has 7 nitrogen and oxygen atoms in total. The molecule has 0 aliphatic heterocycles. The lowest BCUT2D eigenvalue weighted by Gasteiger charge is -2.08. The molecule has 0 fully saturated rings. The summed E-state index contributed by atoms with van der Waals surface area (Å²) < 4.78 is 42.4. The van der Waals surface area contributed by atoms with E-state index < -0.39 is 10.0 Å². The van der Waals surface area contributed by atoms with Crippen LogP contribution in [0, 0.1) is 13.8 Å². The van der Waals surface area contributed by atoms with Gasteiger partial charge in [-0.25, -0.2) is 13.1 Å². The molecule has 0 atom stereocenters. The topological polar surface area (TPSA) is 90.7 Å². The second kappa shape index (κ2) is 7.58. The van der Waals surface area contributed by atoms with Gasteiger partial charge >= 0.3 is 0 Å². The molecule has 1 aromatic carbocycles. The van der Waals surface area contributed by atoms with Crippen molar-refractivity contribution >= 4 is 10.0 Å². The van der Waals surface area contributed by atoms with E-state index in [1.165, 1.54) is 0 Å². The highest BCUT2D eigenvalue weighted by Crippen LogP contribution is 2.19. The maximum Gasteiger partial charge on any atom is 0.246 e. The summed E-state index contributed by atoms with van der Waals surface area (Å²) in [5, 5.41) is 3.66. The van der Waals surface area contributed by atoms with Gasteiger partial charge in [0.15, 0.2) is 5.76 Å². The van der Waals surface area contributed by atoms with Gasteiger partial charge in [-0.05, 0) is 31.5 Å². The number of hydrogen-bond acceptors (Lipinski definition) is 6. The monoisotopic (exact) mass is 340 g/mol. The Kier molecular flexibility index (Phi) is 5.75. The fraction of sp³-hybridized carbons (Fsp3) is 0.400. The summed E-state index contributed by atoms with van der Waals surface area (Å²) in [7, 11) is -2.05. The maximum absolute atomic E-state index is 12.3. The van der Waals surface area contributed by atoms with Crippen molar-refractivity contribution in [3.8, 4) is 5.75 Å². The zero-order valence-corrected chi connectivity index (χ0v) is 14.1. The molecule has 1 heterocycles. The van der Waals surface area contributed by atoms with Crippen molar-refractivity contribution in [2.24, 2.45) is 0 Å². The molecule has 1 N–H and O–H groups in total. The molecule has 0 saturated heterocycles. The highest BCUT2D eigenvalue weighted by atomic mass is 32.2. The SMILES string of the molecule is COCCOc1ccc(CNS(=O)(=O)c2c(C)noc2C)cc1. The molecule has 0 unspecified atom stereocenters. The van der Waals surface area contributed by atoms with Gasteiger partial charge in [0, 0.05) is 13.7 Å². The number of ether oxygens (including phenoxy) is 2. The molecule has 2 aromatic rings. The minimum Gasteiger partial charge on any atom is -0.491 e. The minimum absolute atomic E-state index is 0.0945. The van der Waals surface area contributed by atoms with Gasteiger partial charge in [-0.2, -0.15) is 0 Å². The smallest absolute Gasteiger partial charge is 0.246 e. The Bertz CT molecular complexity index is 718. The molecular weight excluding hydrogens is 320 g/mol. The molecule has 2 rings (SSSR count). The summed E-state index contributed by atoms with van der Waals surface area (Å²) >= 11 is 0. The summed E-state index contributed by atoms with van der Waals surface area (Å²) in [5.74, 6) is 0.983. The molecule has 0 spiro atoms. The summed E-state index contributed by atoms with van der Waals surface area (Å²) in [6.07, 6.45) is 0. The van der Waals surface area contributed by atoms with E-state index in [1.807, 2.05) is 0 Å². The Balaban J connectivity index is 1.98. The number of benzene rings is 1. The number of sulfonamides is 1. The third-order valence-electron chi connectivity index (χ3n) is 3.18. The van der Waals surface area contributed by atoms with Crippen molar-refractivity contribution in [2.75, 3.05) is 20.3 Å². The van der Waals surface area contributed by atoms with E-state index in [4.69, 9.17) is 14.0 Å². The van der Waals surface area contributed by atoms with E-state index in [-0.39, 0.29) is 17.2 Å². The molecule has 0 amide bonds. The van der Waals surface area contributed by atoms with Gasteiger partial charge in [-0.3, -0.25) is 0 Å². The van der Waals surface area contributed by atoms with Crippen molar-refractivity contribution in [1.29, 1.82) is 0 Å². The molecule has 23 heavy (non-hydrogen) atoms. The van der Waals surface area contributed by atoms with Crippen LogP contribution in [0.3, 0.4) is 0 Å². The average Bonchev–Trinajstić information content (AvgIpc) is 2.86. The third kappa shape index (κ3) is 4.54. The predicted molar refractivity (Wildman–Crippen MR) is 83.8 cm³/mol. The zero-order chi connectivity index (χ0) is 16.9. The van der Waals surface area contributed by atoms with Crippen molar-refractivity contribution in [3.05, 3.63) is 41.3 Å². The van der Waals surface area contributed by atoms with E-state index in [1.54, 1.807) is 45.2 Å². The third-order valence-corrected chi connectivity index (χ3v) is 4.83. The first-order chi connectivity index (χ1) is 10.9. The first kappa shape index (κ1) is 17.5. The minimum atomic E-state index is -3.66. The van der Waals surface area contributed by atoms with Gasteiger partial charge in [0.2, 0.25) is 10.0 Å². The molecule has 0 bridgehead atoms. The highest BCUT2D eigenvalue weighted by molar-refractivity contribution is 7.89. The summed E-state index contributed by atoms with van der Waals surface area (Å²) in [5.41, 5.74) is 1.16. The van der Waals surface area contributed by atoms with Crippen molar-refractivity contribution in [1.82, 2.24) is 9.88 Å². The molecule has 126 valence electrons. The van der Waals surface area contributed by atoms with Crippen LogP contribution in [0.5, 0.6) is 5.75 Å². The van der Waals surface area contributed by atoms with Crippen LogP contribution < -0.4 is 9.46 Å². The Labute approximate surface area is 135 Å². The predicted octanol–water partition coefficient (Wildman–Crippen LogP) is 1.80. The van der Waals surface area contributed by atoms with Gasteiger partial charge in [-0.1, -0.05) is 17.3 Å². The lowest BCUT2D eigenvalue weighted by atomic mass is 10.2. The van der Waals surface area contributed by atoms with Crippen LogP contribution in [0.1, 0.15) is 17.0 Å². The van der Waals surface area contributed by atoms with E-state index in [0.29, 0.717) is 24.7 Å². The molecule has 0 radical (unpaired) electrons. The van der Waals surface area contributed by atoms with Crippen molar-refractivity contribution < 1.29 is 22.4 Å². The molecule has 0 aliphatic rings. The van der Waals surface area contributed by atoms with Crippen LogP contribution >= 0.6 is 0 Å². The van der Waals surface area contributed by atoms with E-state index in [0.717, 1.165) is 5.56 Å². The number of hydrogen-bond donors (Lipinski definition) is 1. The maximum atomic E-state index is 12.3. The van der Waals surface area contributed by atoms with Crippen LogP contribution in [0.4, 0.5) is 0 Å². The second-order valence-corrected chi connectivity index (χ2v) is 6.67. The van der Waals surface area contributed by atoms with E-state index in [2.05, 4.69) is 9.88 Å². The Morgan fingerprint density at radius 1 is 1.17 bits per heavy atom. The van der Waals surface area contributed by atoms with Gasteiger partial charge < -0.3 is 14.0 Å². The quantitative estimate of drug-likeness (QED) is 0.737. The van der Waals surface area contributed by atoms with Crippen molar-refractivity contribution in [3.63, 3.8) is 0 Å². The number of nitrogens with zero attached hydrogens (tertiary/aromatic N) is 1. The van der Waals surface area contributed by atoms with Crippen LogP contribution in [-0.4, -0.2) is 33.9 Å². The summed E-state index contributed by atoms with van der Waals surface area (Å²) in [4.78, 5) is 0.0945. The highest BCUT2D eigenvalue weighted by Gasteiger charge is 2.23. The van der Waals surface area contributed by atoms with Gasteiger partial charge in [0.05, 0.1) is 6.61 Å². The lowest BCUT2D eigenvalue weighted by Crippen LogP contribution is -2.24. The van der Waals surface area contributed by atoms with Gasteiger partial charge in [-0.15, -0.1) is 0 Å². The molecule has 0 aliphatic carbocycles. The van der Waals surface area contributed by atoms with Crippen LogP contribution in [-0.2, 0) is 21.3 Å². The van der Waals surface area contributed by atoms with Crippen LogP contribution in [0.15, 0.2) is 33.7 Å². The molecule has 8 heteroatoms. The molecule has 0 saturated carbocycles. The first-order valence-electron chi connectivity index (χ1n) is 7.07. The molecule has 1 aromatic heterocycles.